The number of ketones is 1. The van der Waals surface area contributed by atoms with Gasteiger partial charge in [0.05, 0.1) is 7.11 Å². The number of carbonyl (C=O) groups is 1. The molecular formula is C24H22O5. The highest BCUT2D eigenvalue weighted by atomic mass is 16.5. The molecule has 1 heterocycles. The average molecular weight is 390 g/mol. The van der Waals surface area contributed by atoms with Gasteiger partial charge in [-0.15, -0.1) is 0 Å². The molecule has 5 nitrogen and oxygen atoms in total. The van der Waals surface area contributed by atoms with E-state index in [-0.39, 0.29) is 23.5 Å². The van der Waals surface area contributed by atoms with Crippen LogP contribution in [0.5, 0.6) is 11.5 Å². The van der Waals surface area contributed by atoms with Crippen molar-refractivity contribution in [2.24, 2.45) is 0 Å². The van der Waals surface area contributed by atoms with Crippen LogP contribution in [0.3, 0.4) is 0 Å². The van der Waals surface area contributed by atoms with E-state index in [9.17, 15) is 9.59 Å². The number of aryl methyl sites for hydroxylation is 1. The molecule has 1 aromatic heterocycles. The minimum atomic E-state index is -0.516. The Bertz CT molecular complexity index is 1170. The van der Waals surface area contributed by atoms with Crippen molar-refractivity contribution in [3.8, 4) is 11.5 Å². The van der Waals surface area contributed by atoms with Gasteiger partial charge in [0.25, 0.3) is 0 Å². The van der Waals surface area contributed by atoms with Crippen LogP contribution in [-0.4, -0.2) is 19.5 Å². The summed E-state index contributed by atoms with van der Waals surface area (Å²) in [5.41, 5.74) is 2.26. The highest BCUT2D eigenvalue weighted by molar-refractivity contribution is 6.15. The number of carbonyl (C=O) groups excluding carboxylic acids is 1. The lowest BCUT2D eigenvalue weighted by molar-refractivity contribution is 0.104. The number of rotatable bonds is 7. The van der Waals surface area contributed by atoms with E-state index in [2.05, 4.69) is 6.58 Å². The van der Waals surface area contributed by atoms with Gasteiger partial charge in [-0.3, -0.25) is 4.79 Å². The minimum Gasteiger partial charge on any atom is -0.497 e. The molecule has 0 saturated heterocycles. The van der Waals surface area contributed by atoms with E-state index in [0.717, 1.165) is 16.7 Å². The molecule has 2 aromatic carbocycles. The molecule has 0 aliphatic heterocycles. The van der Waals surface area contributed by atoms with Crippen molar-refractivity contribution in [1.29, 1.82) is 0 Å². The van der Waals surface area contributed by atoms with Crippen LogP contribution in [0.4, 0.5) is 0 Å². The van der Waals surface area contributed by atoms with Crippen LogP contribution in [-0.2, 0) is 0 Å². The summed E-state index contributed by atoms with van der Waals surface area (Å²) < 4.78 is 16.4. The molecule has 0 radical (unpaired) electrons. The van der Waals surface area contributed by atoms with Crippen molar-refractivity contribution in [3.63, 3.8) is 0 Å². The van der Waals surface area contributed by atoms with Crippen molar-refractivity contribution in [2.45, 2.75) is 13.8 Å². The smallest absolute Gasteiger partial charge is 0.336 e. The summed E-state index contributed by atoms with van der Waals surface area (Å²) in [6, 6.07) is 12.2. The van der Waals surface area contributed by atoms with Gasteiger partial charge in [-0.05, 0) is 60.9 Å². The Morgan fingerprint density at radius 3 is 2.72 bits per heavy atom. The van der Waals surface area contributed by atoms with E-state index in [4.69, 9.17) is 13.9 Å². The zero-order chi connectivity index (χ0) is 21.0. The first-order valence-corrected chi connectivity index (χ1v) is 9.10. The van der Waals surface area contributed by atoms with Crippen LogP contribution in [0.15, 0.2) is 69.9 Å². The molecular weight excluding hydrogens is 368 g/mol. The average Bonchev–Trinajstić information content (AvgIpc) is 2.69. The SMILES string of the molecule is C=C(C)COc1ccc2c(C)cc(=O)oc2c1C(=O)/C=C/c1cccc(OC)c1. The molecule has 3 aromatic rings. The van der Waals surface area contributed by atoms with E-state index in [1.54, 1.807) is 32.2 Å². The highest BCUT2D eigenvalue weighted by Gasteiger charge is 2.19. The molecule has 0 atom stereocenters. The quantitative estimate of drug-likeness (QED) is 0.247. The summed E-state index contributed by atoms with van der Waals surface area (Å²) >= 11 is 0. The Kier molecular flexibility index (Phi) is 5.98. The summed E-state index contributed by atoms with van der Waals surface area (Å²) in [5.74, 6) is 0.704. The third-order valence-electron chi connectivity index (χ3n) is 4.32. The van der Waals surface area contributed by atoms with Crippen LogP contribution in [0.2, 0.25) is 0 Å². The van der Waals surface area contributed by atoms with Gasteiger partial charge in [-0.1, -0.05) is 24.8 Å². The molecule has 29 heavy (non-hydrogen) atoms. The normalized spacial score (nSPS) is 11.0. The lowest BCUT2D eigenvalue weighted by Gasteiger charge is -2.12. The predicted octanol–water partition coefficient (Wildman–Crippen LogP) is 4.96. The molecule has 148 valence electrons. The summed E-state index contributed by atoms with van der Waals surface area (Å²) in [6.07, 6.45) is 3.11. The Morgan fingerprint density at radius 2 is 2.00 bits per heavy atom. The van der Waals surface area contributed by atoms with Crippen molar-refractivity contribution >= 4 is 22.8 Å². The van der Waals surface area contributed by atoms with Gasteiger partial charge in [-0.25, -0.2) is 4.79 Å². The topological polar surface area (TPSA) is 65.7 Å². The minimum absolute atomic E-state index is 0.212. The van der Waals surface area contributed by atoms with Crippen LogP contribution in [0.25, 0.3) is 17.0 Å². The molecule has 0 bridgehead atoms. The van der Waals surface area contributed by atoms with Gasteiger partial charge < -0.3 is 13.9 Å². The van der Waals surface area contributed by atoms with E-state index < -0.39 is 5.63 Å². The molecule has 0 aliphatic carbocycles. The predicted molar refractivity (Wildman–Crippen MR) is 114 cm³/mol. The monoisotopic (exact) mass is 390 g/mol. The first-order chi connectivity index (χ1) is 13.9. The Hall–Kier alpha value is -3.60. The third kappa shape index (κ3) is 4.63. The Morgan fingerprint density at radius 1 is 1.21 bits per heavy atom. The van der Waals surface area contributed by atoms with Crippen molar-refractivity contribution < 1.29 is 18.7 Å². The standard InChI is InChI=1S/C24H22O5/c1-15(2)14-28-21-11-9-19-16(3)12-22(26)29-24(19)23(21)20(25)10-8-17-6-5-7-18(13-17)27-4/h5-13H,1,14H2,2-4H3/b10-8+. The second kappa shape index (κ2) is 8.61. The summed E-state index contributed by atoms with van der Waals surface area (Å²) in [5, 5.41) is 0.686. The lowest BCUT2D eigenvalue weighted by Crippen LogP contribution is -2.07. The molecule has 0 fully saturated rings. The number of fused-ring (bicyclic) bond motifs is 1. The maximum absolute atomic E-state index is 13.1. The third-order valence-corrected chi connectivity index (χ3v) is 4.32. The van der Waals surface area contributed by atoms with Gasteiger partial charge in [0.2, 0.25) is 0 Å². The first-order valence-electron chi connectivity index (χ1n) is 9.10. The molecule has 5 heteroatoms. The summed E-state index contributed by atoms with van der Waals surface area (Å²) in [7, 11) is 1.58. The number of methoxy groups -OCH3 is 1. The van der Waals surface area contributed by atoms with E-state index in [1.807, 2.05) is 31.2 Å². The zero-order valence-electron chi connectivity index (χ0n) is 16.7. The second-order valence-electron chi connectivity index (χ2n) is 6.78. The maximum Gasteiger partial charge on any atom is 0.336 e. The number of benzene rings is 2. The fraction of sp³-hybridized carbons (Fsp3) is 0.167. The molecule has 0 unspecified atom stereocenters. The molecule has 0 aliphatic rings. The fourth-order valence-electron chi connectivity index (χ4n) is 2.92. The Labute approximate surface area is 168 Å². The van der Waals surface area contributed by atoms with Gasteiger partial charge in [0.15, 0.2) is 11.4 Å². The molecule has 0 amide bonds. The van der Waals surface area contributed by atoms with Gasteiger partial charge in [0.1, 0.15) is 23.7 Å². The van der Waals surface area contributed by atoms with Crippen LogP contribution < -0.4 is 15.1 Å². The molecule has 0 N–H and O–H groups in total. The van der Waals surface area contributed by atoms with Crippen LogP contribution in [0.1, 0.15) is 28.4 Å². The largest absolute Gasteiger partial charge is 0.497 e. The summed E-state index contributed by atoms with van der Waals surface area (Å²) in [4.78, 5) is 25.0. The molecule has 0 saturated carbocycles. The number of hydrogen-bond donors (Lipinski definition) is 0. The van der Waals surface area contributed by atoms with Gasteiger partial charge >= 0.3 is 5.63 Å². The van der Waals surface area contributed by atoms with Crippen LogP contribution in [0, 0.1) is 6.92 Å². The van der Waals surface area contributed by atoms with E-state index in [1.165, 1.54) is 12.1 Å². The fourth-order valence-corrected chi connectivity index (χ4v) is 2.92. The lowest BCUT2D eigenvalue weighted by atomic mass is 10.0. The van der Waals surface area contributed by atoms with Crippen LogP contribution >= 0.6 is 0 Å². The van der Waals surface area contributed by atoms with Gasteiger partial charge in [0, 0.05) is 11.5 Å². The zero-order valence-corrected chi connectivity index (χ0v) is 16.7. The van der Waals surface area contributed by atoms with Gasteiger partial charge in [-0.2, -0.15) is 0 Å². The highest BCUT2D eigenvalue weighted by Crippen LogP contribution is 2.30. The second-order valence-corrected chi connectivity index (χ2v) is 6.78. The number of ether oxygens (including phenoxy) is 2. The van der Waals surface area contributed by atoms with E-state index >= 15 is 0 Å². The van der Waals surface area contributed by atoms with Crippen molar-refractivity contribution in [2.75, 3.05) is 13.7 Å². The first kappa shape index (κ1) is 20.1. The molecule has 3 rings (SSSR count). The Balaban J connectivity index is 2.09. The van der Waals surface area contributed by atoms with Crippen molar-refractivity contribution in [1.82, 2.24) is 0 Å². The van der Waals surface area contributed by atoms with E-state index in [0.29, 0.717) is 16.9 Å². The van der Waals surface area contributed by atoms with Crippen molar-refractivity contribution in [3.05, 3.63) is 87.8 Å². The number of allylic oxidation sites excluding steroid dienone is 1. The maximum atomic E-state index is 13.1. The molecule has 0 spiro atoms. The number of hydrogen-bond acceptors (Lipinski definition) is 5. The summed E-state index contributed by atoms with van der Waals surface area (Å²) in [6.45, 7) is 7.70.